The third-order valence-electron chi connectivity index (χ3n) is 7.22. The largest absolute Gasteiger partial charge is 0.381 e. The van der Waals surface area contributed by atoms with Crippen LogP contribution >= 0.6 is 0 Å². The summed E-state index contributed by atoms with van der Waals surface area (Å²) < 4.78 is 1.41. The van der Waals surface area contributed by atoms with E-state index in [1.54, 1.807) is 13.0 Å². The van der Waals surface area contributed by atoms with Crippen molar-refractivity contribution >= 4 is 28.4 Å². The highest BCUT2D eigenvalue weighted by atomic mass is 16.2. The average molecular weight is 488 g/mol. The van der Waals surface area contributed by atoms with E-state index in [4.69, 9.17) is 0 Å². The Morgan fingerprint density at radius 1 is 0.972 bits per heavy atom. The molecular weight excluding hydrogens is 454 g/mol. The molecule has 3 aromatic rings. The number of carbonyl (C=O) groups is 2. The number of aromatic nitrogens is 2. The number of nitrogens with zero attached hydrogens (tertiary/aromatic N) is 3. The number of likely N-dealkylation sites (tertiary alicyclic amines) is 1. The van der Waals surface area contributed by atoms with E-state index < -0.39 is 11.9 Å². The second kappa shape index (κ2) is 10.6. The Balaban J connectivity index is 1.29. The molecule has 2 aromatic carbocycles. The van der Waals surface area contributed by atoms with E-state index in [0.29, 0.717) is 29.7 Å². The maximum atomic E-state index is 13.4. The molecule has 1 atom stereocenters. The molecule has 2 fully saturated rings. The minimum atomic E-state index is -0.725. The quantitative estimate of drug-likeness (QED) is 0.515. The molecule has 1 unspecified atom stereocenters. The molecule has 0 aliphatic carbocycles. The fourth-order valence-electron chi connectivity index (χ4n) is 5.23. The van der Waals surface area contributed by atoms with Crippen LogP contribution in [-0.2, 0) is 22.7 Å². The van der Waals surface area contributed by atoms with Crippen molar-refractivity contribution in [3.63, 3.8) is 0 Å². The van der Waals surface area contributed by atoms with E-state index in [0.717, 1.165) is 17.8 Å². The highest BCUT2D eigenvalue weighted by Crippen LogP contribution is 2.22. The maximum absolute atomic E-state index is 13.4. The van der Waals surface area contributed by atoms with Gasteiger partial charge >= 0.3 is 0 Å². The molecule has 3 heterocycles. The third-order valence-corrected chi connectivity index (χ3v) is 7.22. The van der Waals surface area contributed by atoms with Crippen LogP contribution in [0.3, 0.4) is 0 Å². The lowest BCUT2D eigenvalue weighted by Crippen LogP contribution is -2.45. The Hall–Kier alpha value is -3.52. The van der Waals surface area contributed by atoms with Crippen LogP contribution in [0.1, 0.15) is 61.5 Å². The van der Waals surface area contributed by atoms with Gasteiger partial charge in [0.05, 0.1) is 10.9 Å². The molecule has 8 heteroatoms. The molecule has 0 radical (unpaired) electrons. The second-order valence-electron chi connectivity index (χ2n) is 9.89. The van der Waals surface area contributed by atoms with Crippen molar-refractivity contribution < 1.29 is 9.59 Å². The van der Waals surface area contributed by atoms with E-state index in [1.165, 1.54) is 48.9 Å². The summed E-state index contributed by atoms with van der Waals surface area (Å²) in [6.45, 7) is 5.73. The maximum Gasteiger partial charge on any atom is 0.262 e. The van der Waals surface area contributed by atoms with Crippen molar-refractivity contribution in [1.82, 2.24) is 19.8 Å². The zero-order valence-corrected chi connectivity index (χ0v) is 20.8. The number of benzene rings is 2. The number of fused-ring (bicyclic) bond motifs is 1. The molecule has 2 saturated heterocycles. The molecule has 188 valence electrons. The Morgan fingerprint density at radius 2 is 1.69 bits per heavy atom. The minimum absolute atomic E-state index is 0.207. The van der Waals surface area contributed by atoms with Crippen molar-refractivity contribution in [3.8, 4) is 0 Å². The van der Waals surface area contributed by atoms with Crippen LogP contribution in [0.4, 0.5) is 5.69 Å². The molecule has 0 spiro atoms. The first-order valence-electron chi connectivity index (χ1n) is 12.9. The lowest BCUT2D eigenvalue weighted by molar-refractivity contribution is -0.135. The van der Waals surface area contributed by atoms with Gasteiger partial charge in [0, 0.05) is 25.2 Å². The van der Waals surface area contributed by atoms with Crippen molar-refractivity contribution in [2.75, 3.05) is 18.4 Å². The molecule has 2 N–H and O–H groups in total. The van der Waals surface area contributed by atoms with Crippen LogP contribution in [-0.4, -0.2) is 39.4 Å². The lowest BCUT2D eigenvalue weighted by Gasteiger charge is -2.24. The Morgan fingerprint density at radius 3 is 2.42 bits per heavy atom. The molecule has 2 aliphatic rings. The Kier molecular flexibility index (Phi) is 7.13. The van der Waals surface area contributed by atoms with Crippen LogP contribution in [0.25, 0.3) is 10.9 Å². The molecule has 2 aliphatic heterocycles. The smallest absolute Gasteiger partial charge is 0.262 e. The summed E-state index contributed by atoms with van der Waals surface area (Å²) in [7, 11) is 0. The number of aryl methyl sites for hydroxylation is 1. The molecule has 0 bridgehead atoms. The van der Waals surface area contributed by atoms with E-state index in [-0.39, 0.29) is 17.9 Å². The second-order valence-corrected chi connectivity index (χ2v) is 9.89. The van der Waals surface area contributed by atoms with Crippen molar-refractivity contribution in [1.29, 1.82) is 0 Å². The van der Waals surface area contributed by atoms with Gasteiger partial charge in [-0.3, -0.25) is 29.2 Å². The third kappa shape index (κ3) is 5.33. The predicted octanol–water partition coefficient (Wildman–Crippen LogP) is 3.67. The van der Waals surface area contributed by atoms with Gasteiger partial charge in [-0.25, -0.2) is 4.98 Å². The molecule has 8 nitrogen and oxygen atoms in total. The summed E-state index contributed by atoms with van der Waals surface area (Å²) >= 11 is 0. The summed E-state index contributed by atoms with van der Waals surface area (Å²) in [6, 6.07) is 13.5. The van der Waals surface area contributed by atoms with Crippen LogP contribution in [0.5, 0.6) is 0 Å². The Bertz CT molecular complexity index is 1320. The number of piperidine rings is 1. The van der Waals surface area contributed by atoms with Gasteiger partial charge in [0.1, 0.15) is 11.9 Å². The summed E-state index contributed by atoms with van der Waals surface area (Å²) in [5.74, 6) is -0.300. The fourth-order valence-corrected chi connectivity index (χ4v) is 5.23. The SMILES string of the molecule is Cc1nc2ccc(NCc3ccc(CN4CCCCCC4)cc3)cc2c(=O)n1C1CCC(=O)NC1=O. The fraction of sp³-hybridized carbons (Fsp3) is 0.429. The van der Waals surface area contributed by atoms with Gasteiger partial charge in [-0.15, -0.1) is 0 Å². The number of hydrogen-bond acceptors (Lipinski definition) is 6. The summed E-state index contributed by atoms with van der Waals surface area (Å²) in [5.41, 5.74) is 3.63. The van der Waals surface area contributed by atoms with Gasteiger partial charge < -0.3 is 5.32 Å². The standard InChI is InChI=1S/C28H33N5O3/c1-19-30-24-11-10-22(16-23(24)28(36)33(19)25-12-13-26(34)31-27(25)35)29-17-20-6-8-21(9-7-20)18-32-14-4-2-3-5-15-32/h6-11,16,25,29H,2-5,12-15,17-18H2,1H3,(H,31,34,35). The zero-order valence-electron chi connectivity index (χ0n) is 20.8. The van der Waals surface area contributed by atoms with Crippen LogP contribution in [0.2, 0.25) is 0 Å². The van der Waals surface area contributed by atoms with Gasteiger partial charge in [-0.05, 0) is 68.6 Å². The number of carbonyl (C=O) groups excluding carboxylic acids is 2. The van der Waals surface area contributed by atoms with Gasteiger partial charge in [0.2, 0.25) is 11.8 Å². The molecule has 5 rings (SSSR count). The van der Waals surface area contributed by atoms with E-state index in [1.807, 2.05) is 12.1 Å². The predicted molar refractivity (Wildman–Crippen MR) is 140 cm³/mol. The molecule has 1 aromatic heterocycles. The van der Waals surface area contributed by atoms with E-state index in [2.05, 4.69) is 44.8 Å². The average Bonchev–Trinajstić information content (AvgIpc) is 3.14. The zero-order chi connectivity index (χ0) is 25.1. The molecular formula is C28H33N5O3. The summed E-state index contributed by atoms with van der Waals surface area (Å²) in [6.07, 6.45) is 5.78. The first kappa shape index (κ1) is 24.2. The van der Waals surface area contributed by atoms with Crippen LogP contribution in [0, 0.1) is 6.92 Å². The topological polar surface area (TPSA) is 96.3 Å². The molecule has 36 heavy (non-hydrogen) atoms. The number of imide groups is 1. The normalized spacial score (nSPS) is 19.2. The van der Waals surface area contributed by atoms with Crippen LogP contribution < -0.4 is 16.2 Å². The van der Waals surface area contributed by atoms with Crippen molar-refractivity contribution in [2.45, 2.75) is 64.6 Å². The van der Waals surface area contributed by atoms with Gasteiger partial charge in [-0.2, -0.15) is 0 Å². The van der Waals surface area contributed by atoms with E-state index in [9.17, 15) is 14.4 Å². The van der Waals surface area contributed by atoms with E-state index >= 15 is 0 Å². The molecule has 2 amide bonds. The van der Waals surface area contributed by atoms with Crippen LogP contribution in [0.15, 0.2) is 47.3 Å². The van der Waals surface area contributed by atoms with Crippen molar-refractivity contribution in [2.24, 2.45) is 0 Å². The first-order chi connectivity index (χ1) is 17.5. The highest BCUT2D eigenvalue weighted by Gasteiger charge is 2.30. The number of rotatable bonds is 6. The first-order valence-corrected chi connectivity index (χ1v) is 12.9. The summed E-state index contributed by atoms with van der Waals surface area (Å²) in [5, 5.41) is 6.18. The molecule has 0 saturated carbocycles. The lowest BCUT2D eigenvalue weighted by atomic mass is 10.1. The van der Waals surface area contributed by atoms with Gasteiger partial charge in [-0.1, -0.05) is 37.1 Å². The highest BCUT2D eigenvalue weighted by molar-refractivity contribution is 5.99. The number of nitrogens with one attached hydrogen (secondary N) is 2. The Labute approximate surface area is 210 Å². The summed E-state index contributed by atoms with van der Waals surface area (Å²) in [4.78, 5) is 44.4. The number of anilines is 1. The monoisotopic (exact) mass is 487 g/mol. The van der Waals surface area contributed by atoms with Gasteiger partial charge in [0.15, 0.2) is 0 Å². The van der Waals surface area contributed by atoms with Gasteiger partial charge in [0.25, 0.3) is 5.56 Å². The number of amides is 2. The number of hydrogen-bond donors (Lipinski definition) is 2. The minimum Gasteiger partial charge on any atom is -0.381 e. The van der Waals surface area contributed by atoms with Crippen molar-refractivity contribution in [3.05, 3.63) is 69.8 Å².